The number of ether oxygens (including phenoxy) is 2. The third-order valence-electron chi connectivity index (χ3n) is 4.72. The van der Waals surface area contributed by atoms with Crippen molar-refractivity contribution >= 4 is 17.2 Å². The molecule has 3 aromatic rings. The van der Waals surface area contributed by atoms with Gasteiger partial charge in [0.25, 0.3) is 0 Å². The Bertz CT molecular complexity index is 1110. The van der Waals surface area contributed by atoms with Crippen LogP contribution in [0.1, 0.15) is 29.2 Å². The lowest BCUT2D eigenvalue weighted by atomic mass is 9.90. The van der Waals surface area contributed by atoms with Gasteiger partial charge in [0.1, 0.15) is 24.7 Å². The molecule has 1 heterocycles. The van der Waals surface area contributed by atoms with Gasteiger partial charge in [0.05, 0.1) is 6.07 Å². The Morgan fingerprint density at radius 2 is 1.93 bits per heavy atom. The quantitative estimate of drug-likeness (QED) is 0.505. The van der Waals surface area contributed by atoms with Crippen molar-refractivity contribution in [2.75, 3.05) is 0 Å². The first-order valence-electron chi connectivity index (χ1n) is 8.99. The lowest BCUT2D eigenvalue weighted by molar-refractivity contribution is 0.300. The first-order valence-corrected chi connectivity index (χ1v) is 9.37. The molecular weight excluding hydrogens is 370 g/mol. The minimum Gasteiger partial charge on any atom is -0.489 e. The monoisotopic (exact) mass is 387 g/mol. The molecule has 0 aliphatic carbocycles. The number of benzene rings is 3. The van der Waals surface area contributed by atoms with Crippen LogP contribution in [0.25, 0.3) is 5.57 Å². The van der Waals surface area contributed by atoms with Crippen LogP contribution < -0.4 is 9.47 Å². The molecule has 28 heavy (non-hydrogen) atoms. The highest BCUT2D eigenvalue weighted by Crippen LogP contribution is 2.38. The minimum absolute atomic E-state index is 0.427. The van der Waals surface area contributed by atoms with Gasteiger partial charge < -0.3 is 9.47 Å². The second-order valence-electron chi connectivity index (χ2n) is 6.63. The van der Waals surface area contributed by atoms with Gasteiger partial charge in [0, 0.05) is 21.7 Å². The fourth-order valence-electron chi connectivity index (χ4n) is 3.38. The molecule has 0 radical (unpaired) electrons. The van der Waals surface area contributed by atoms with Crippen LogP contribution in [0, 0.1) is 11.3 Å². The van der Waals surface area contributed by atoms with Crippen molar-refractivity contribution < 1.29 is 9.47 Å². The Morgan fingerprint density at radius 1 is 1.07 bits per heavy atom. The molecule has 4 heteroatoms. The summed E-state index contributed by atoms with van der Waals surface area (Å²) in [6, 6.07) is 23.7. The Hall–Kier alpha value is -3.22. The molecule has 0 aromatic heterocycles. The van der Waals surface area contributed by atoms with Crippen molar-refractivity contribution in [1.29, 1.82) is 5.26 Å². The lowest BCUT2D eigenvalue weighted by Crippen LogP contribution is -2.01. The van der Waals surface area contributed by atoms with E-state index in [4.69, 9.17) is 21.1 Å². The van der Waals surface area contributed by atoms with Crippen molar-refractivity contribution in [3.63, 3.8) is 0 Å². The molecule has 0 saturated carbocycles. The van der Waals surface area contributed by atoms with Gasteiger partial charge >= 0.3 is 0 Å². The number of fused-ring (bicyclic) bond motifs is 2. The highest BCUT2D eigenvalue weighted by Gasteiger charge is 2.21. The van der Waals surface area contributed by atoms with Gasteiger partial charge in [-0.1, -0.05) is 48.0 Å². The molecule has 1 aliphatic heterocycles. The largest absolute Gasteiger partial charge is 0.489 e. The molecule has 0 amide bonds. The topological polar surface area (TPSA) is 42.2 Å². The zero-order valence-electron chi connectivity index (χ0n) is 15.4. The molecule has 138 valence electrons. The third kappa shape index (κ3) is 3.60. The summed E-state index contributed by atoms with van der Waals surface area (Å²) in [4.78, 5) is 0. The minimum atomic E-state index is 0.427. The fraction of sp³-hybridized carbons (Fsp3) is 0.125. The second-order valence-corrected chi connectivity index (χ2v) is 7.07. The number of hydrogen-bond acceptors (Lipinski definition) is 3. The summed E-state index contributed by atoms with van der Waals surface area (Å²) in [6.07, 6.45) is 0. The molecule has 0 unspecified atom stereocenters. The van der Waals surface area contributed by atoms with E-state index in [9.17, 15) is 5.26 Å². The normalized spacial score (nSPS) is 14.0. The molecule has 0 saturated heterocycles. The van der Waals surface area contributed by atoms with Crippen molar-refractivity contribution in [3.8, 4) is 17.6 Å². The van der Waals surface area contributed by atoms with Gasteiger partial charge in [-0.05, 0) is 53.9 Å². The summed E-state index contributed by atoms with van der Waals surface area (Å²) >= 11 is 6.02. The van der Waals surface area contributed by atoms with E-state index < -0.39 is 0 Å². The summed E-state index contributed by atoms with van der Waals surface area (Å²) in [5, 5.41) is 10.2. The van der Waals surface area contributed by atoms with Crippen molar-refractivity contribution in [3.05, 3.63) is 99.6 Å². The predicted molar refractivity (Wildman–Crippen MR) is 110 cm³/mol. The SMILES string of the molecule is C/C(C#N)=C1/c2ccc(COc3cccc(Cl)c3)cc2COc2ccccc21. The standard InChI is InChI=1S/C24H18ClNO2/c1-16(13-26)24-21-10-9-17(14-27-20-6-4-5-19(25)12-20)11-18(21)15-28-23-8-3-2-7-22(23)24/h2-12H,14-15H2,1H3/b24-16+. The van der Waals surface area contributed by atoms with Gasteiger partial charge in [0.15, 0.2) is 0 Å². The number of hydrogen-bond donors (Lipinski definition) is 0. The Kier molecular flexibility index (Phi) is 5.06. The number of para-hydroxylation sites is 1. The van der Waals surface area contributed by atoms with Crippen LogP contribution in [-0.2, 0) is 13.2 Å². The van der Waals surface area contributed by atoms with E-state index in [0.717, 1.165) is 39.3 Å². The van der Waals surface area contributed by atoms with E-state index in [1.54, 1.807) is 6.07 Å². The van der Waals surface area contributed by atoms with Crippen molar-refractivity contribution in [2.45, 2.75) is 20.1 Å². The fourth-order valence-corrected chi connectivity index (χ4v) is 3.56. The van der Waals surface area contributed by atoms with E-state index in [-0.39, 0.29) is 0 Å². The van der Waals surface area contributed by atoms with E-state index in [2.05, 4.69) is 12.1 Å². The van der Waals surface area contributed by atoms with Gasteiger partial charge in [0.2, 0.25) is 0 Å². The number of nitriles is 1. The zero-order chi connectivity index (χ0) is 19.5. The second kappa shape index (κ2) is 7.80. The lowest BCUT2D eigenvalue weighted by Gasteiger charge is -2.13. The highest BCUT2D eigenvalue weighted by molar-refractivity contribution is 6.30. The molecule has 1 aliphatic rings. The smallest absolute Gasteiger partial charge is 0.127 e. The van der Waals surface area contributed by atoms with Gasteiger partial charge in [-0.15, -0.1) is 0 Å². The number of nitrogens with zero attached hydrogens (tertiary/aromatic N) is 1. The summed E-state index contributed by atoms with van der Waals surface area (Å²) in [6.45, 7) is 2.72. The van der Waals surface area contributed by atoms with Crippen LogP contribution in [0.5, 0.6) is 11.5 Å². The maximum atomic E-state index is 9.54. The van der Waals surface area contributed by atoms with Crippen LogP contribution in [0.3, 0.4) is 0 Å². The van der Waals surface area contributed by atoms with E-state index in [1.807, 2.05) is 61.5 Å². The van der Waals surface area contributed by atoms with Crippen LogP contribution in [0.15, 0.2) is 72.3 Å². The van der Waals surface area contributed by atoms with E-state index in [0.29, 0.717) is 23.8 Å². The molecule has 0 N–H and O–H groups in total. The summed E-state index contributed by atoms with van der Waals surface area (Å²) < 4.78 is 11.9. The maximum absolute atomic E-state index is 9.54. The molecule has 3 nitrogen and oxygen atoms in total. The first-order chi connectivity index (χ1) is 13.7. The summed E-state index contributed by atoms with van der Waals surface area (Å²) in [5.41, 5.74) is 5.63. The molecular formula is C24H18ClNO2. The van der Waals surface area contributed by atoms with Crippen LogP contribution in [0.4, 0.5) is 0 Å². The third-order valence-corrected chi connectivity index (χ3v) is 4.96. The van der Waals surface area contributed by atoms with E-state index >= 15 is 0 Å². The average molecular weight is 388 g/mol. The molecule has 3 aromatic carbocycles. The molecule has 0 atom stereocenters. The van der Waals surface area contributed by atoms with Crippen LogP contribution in [0.2, 0.25) is 5.02 Å². The van der Waals surface area contributed by atoms with Gasteiger partial charge in [-0.25, -0.2) is 0 Å². The zero-order valence-corrected chi connectivity index (χ0v) is 16.2. The Balaban J connectivity index is 1.69. The predicted octanol–water partition coefficient (Wildman–Crippen LogP) is 6.16. The highest BCUT2D eigenvalue weighted by atomic mass is 35.5. The number of allylic oxidation sites excluding steroid dienone is 1. The van der Waals surface area contributed by atoms with Crippen LogP contribution in [-0.4, -0.2) is 0 Å². The van der Waals surface area contributed by atoms with Crippen molar-refractivity contribution in [2.24, 2.45) is 0 Å². The maximum Gasteiger partial charge on any atom is 0.127 e. The average Bonchev–Trinajstić information content (AvgIpc) is 2.88. The van der Waals surface area contributed by atoms with E-state index in [1.165, 1.54) is 0 Å². The number of rotatable bonds is 3. The molecule has 0 fully saturated rings. The van der Waals surface area contributed by atoms with Gasteiger partial charge in [-0.2, -0.15) is 5.26 Å². The number of halogens is 1. The van der Waals surface area contributed by atoms with Crippen molar-refractivity contribution in [1.82, 2.24) is 0 Å². The summed E-state index contributed by atoms with van der Waals surface area (Å²) in [7, 11) is 0. The Labute approximate surface area is 169 Å². The molecule has 4 rings (SSSR count). The first kappa shape index (κ1) is 18.2. The Morgan fingerprint density at radius 3 is 2.75 bits per heavy atom. The molecule has 0 spiro atoms. The summed E-state index contributed by atoms with van der Waals surface area (Å²) in [5.74, 6) is 1.52. The van der Waals surface area contributed by atoms with Crippen LogP contribution >= 0.6 is 11.6 Å². The van der Waals surface area contributed by atoms with Gasteiger partial charge in [-0.3, -0.25) is 0 Å². The molecule has 0 bridgehead atoms.